The molecule has 3 rings (SSSR count). The summed E-state index contributed by atoms with van der Waals surface area (Å²) in [6.45, 7) is 3.49. The van der Waals surface area contributed by atoms with Crippen molar-refractivity contribution < 1.29 is 9.47 Å². The van der Waals surface area contributed by atoms with E-state index in [1.807, 2.05) is 0 Å². The van der Waals surface area contributed by atoms with Crippen molar-refractivity contribution in [2.75, 3.05) is 20.5 Å². The van der Waals surface area contributed by atoms with Crippen molar-refractivity contribution in [2.45, 2.75) is 38.6 Å². The van der Waals surface area contributed by atoms with Gasteiger partial charge in [0.1, 0.15) is 6.79 Å². The topological polar surface area (TPSA) is 44.5 Å². The molecular weight excluding hydrogens is 202 g/mol. The monoisotopic (exact) mass is 225 g/mol. The zero-order chi connectivity index (χ0) is 11.4. The summed E-state index contributed by atoms with van der Waals surface area (Å²) in [6.07, 6.45) is 5.45. The van der Waals surface area contributed by atoms with E-state index >= 15 is 0 Å². The maximum atomic E-state index is 6.14. The number of rotatable bonds is 5. The number of ether oxygens (including phenoxy) is 2. The lowest BCUT2D eigenvalue weighted by Gasteiger charge is -2.31. The molecule has 92 valence electrons. The predicted octanol–water partition coefficient (Wildman–Crippen LogP) is 1.76. The van der Waals surface area contributed by atoms with Gasteiger partial charge in [-0.25, -0.2) is 0 Å². The van der Waals surface area contributed by atoms with E-state index in [0.717, 1.165) is 18.4 Å². The van der Waals surface area contributed by atoms with Crippen molar-refractivity contribution >= 4 is 0 Å². The lowest BCUT2D eigenvalue weighted by molar-refractivity contribution is -0.0659. The van der Waals surface area contributed by atoms with Crippen LogP contribution in [0.15, 0.2) is 0 Å². The second-order valence-corrected chi connectivity index (χ2v) is 6.44. The third-order valence-corrected chi connectivity index (χ3v) is 5.30. The fraction of sp³-hybridized carbons (Fsp3) is 1.00. The Morgan fingerprint density at radius 2 is 2.19 bits per heavy atom. The first kappa shape index (κ1) is 11.0. The van der Waals surface area contributed by atoms with Gasteiger partial charge >= 0.3 is 0 Å². The van der Waals surface area contributed by atoms with Crippen LogP contribution in [0.2, 0.25) is 0 Å². The molecule has 3 fully saturated rings. The summed E-state index contributed by atoms with van der Waals surface area (Å²) >= 11 is 0. The molecule has 0 saturated heterocycles. The van der Waals surface area contributed by atoms with E-state index in [0.29, 0.717) is 23.7 Å². The van der Waals surface area contributed by atoms with Crippen LogP contribution in [0.1, 0.15) is 32.6 Å². The molecule has 0 heterocycles. The lowest BCUT2D eigenvalue weighted by Crippen LogP contribution is -2.34. The molecule has 3 saturated carbocycles. The van der Waals surface area contributed by atoms with Crippen LogP contribution >= 0.6 is 0 Å². The molecule has 2 N–H and O–H groups in total. The molecule has 0 aromatic rings. The summed E-state index contributed by atoms with van der Waals surface area (Å²) in [5.41, 5.74) is 7.22. The quantitative estimate of drug-likeness (QED) is 0.573. The highest BCUT2D eigenvalue weighted by Gasteiger charge is 2.73. The van der Waals surface area contributed by atoms with E-state index in [4.69, 9.17) is 15.2 Å². The molecule has 3 heteroatoms. The van der Waals surface area contributed by atoms with E-state index in [2.05, 4.69) is 6.92 Å². The Balaban J connectivity index is 1.67. The normalized spacial score (nSPS) is 50.4. The molecule has 1 spiro atoms. The van der Waals surface area contributed by atoms with Crippen LogP contribution in [0.3, 0.4) is 0 Å². The number of hydrogen-bond donors (Lipinski definition) is 1. The highest BCUT2D eigenvalue weighted by Crippen LogP contribution is 2.80. The number of hydrogen-bond acceptors (Lipinski definition) is 3. The molecule has 0 amide bonds. The summed E-state index contributed by atoms with van der Waals surface area (Å²) in [7, 11) is 1.69. The minimum Gasteiger partial charge on any atom is -0.359 e. The molecule has 3 nitrogen and oxygen atoms in total. The average Bonchev–Trinajstić information content (AvgIpc) is 2.68. The van der Waals surface area contributed by atoms with E-state index in [-0.39, 0.29) is 0 Å². The van der Waals surface area contributed by atoms with Crippen molar-refractivity contribution in [1.29, 1.82) is 0 Å². The minimum absolute atomic E-state index is 0.356. The van der Waals surface area contributed by atoms with Gasteiger partial charge in [-0.15, -0.1) is 0 Å². The third kappa shape index (κ3) is 1.38. The van der Waals surface area contributed by atoms with Crippen molar-refractivity contribution in [3.8, 4) is 0 Å². The summed E-state index contributed by atoms with van der Waals surface area (Å²) < 4.78 is 10.6. The van der Waals surface area contributed by atoms with Crippen LogP contribution in [-0.2, 0) is 9.47 Å². The van der Waals surface area contributed by atoms with Crippen LogP contribution in [0, 0.1) is 22.7 Å². The Kier molecular flexibility index (Phi) is 2.36. The summed E-state index contributed by atoms with van der Waals surface area (Å²) in [5, 5.41) is 0. The van der Waals surface area contributed by atoms with E-state index in [9.17, 15) is 0 Å². The van der Waals surface area contributed by atoms with Crippen molar-refractivity contribution in [3.63, 3.8) is 0 Å². The van der Waals surface area contributed by atoms with Crippen LogP contribution in [-0.4, -0.2) is 26.6 Å². The second kappa shape index (κ2) is 3.44. The Morgan fingerprint density at radius 3 is 2.81 bits per heavy atom. The van der Waals surface area contributed by atoms with Gasteiger partial charge in [0.15, 0.2) is 0 Å². The Bertz CT molecular complexity index is 294. The van der Waals surface area contributed by atoms with Crippen LogP contribution < -0.4 is 5.73 Å². The van der Waals surface area contributed by atoms with Gasteiger partial charge in [0.05, 0.1) is 6.61 Å². The van der Waals surface area contributed by atoms with Crippen molar-refractivity contribution in [3.05, 3.63) is 0 Å². The molecule has 16 heavy (non-hydrogen) atoms. The van der Waals surface area contributed by atoms with Crippen LogP contribution in [0.5, 0.6) is 0 Å². The van der Waals surface area contributed by atoms with Gasteiger partial charge in [0.2, 0.25) is 0 Å². The van der Waals surface area contributed by atoms with Gasteiger partial charge in [-0.05, 0) is 55.3 Å². The van der Waals surface area contributed by atoms with Crippen molar-refractivity contribution in [1.82, 2.24) is 0 Å². The molecule has 5 atom stereocenters. The van der Waals surface area contributed by atoms with Gasteiger partial charge in [-0.3, -0.25) is 0 Å². The van der Waals surface area contributed by atoms with Gasteiger partial charge < -0.3 is 15.2 Å². The zero-order valence-corrected chi connectivity index (χ0v) is 10.4. The molecule has 2 bridgehead atoms. The van der Waals surface area contributed by atoms with Crippen LogP contribution in [0.25, 0.3) is 0 Å². The first-order chi connectivity index (χ1) is 7.62. The highest BCUT2D eigenvalue weighted by molar-refractivity contribution is 5.23. The molecular formula is C13H23NO2. The lowest BCUT2D eigenvalue weighted by atomic mass is 9.78. The summed E-state index contributed by atoms with van der Waals surface area (Å²) in [4.78, 5) is 0. The SMILES string of the molecule is COCOC[C@]12CC3CC3(C1)C(C(C)N)C2. The Morgan fingerprint density at radius 1 is 1.38 bits per heavy atom. The number of nitrogens with two attached hydrogens (primary N) is 1. The third-order valence-electron chi connectivity index (χ3n) is 5.30. The van der Waals surface area contributed by atoms with Crippen LogP contribution in [0.4, 0.5) is 0 Å². The first-order valence-corrected chi connectivity index (χ1v) is 6.44. The predicted molar refractivity (Wildman–Crippen MR) is 61.8 cm³/mol. The molecule has 0 aliphatic heterocycles. The number of fused-ring (bicyclic) bond motifs is 1. The van der Waals surface area contributed by atoms with Gasteiger partial charge in [-0.1, -0.05) is 0 Å². The zero-order valence-electron chi connectivity index (χ0n) is 10.4. The molecule has 3 aliphatic rings. The van der Waals surface area contributed by atoms with Gasteiger partial charge in [0, 0.05) is 13.2 Å². The fourth-order valence-electron chi connectivity index (χ4n) is 4.82. The standard InChI is InChI=1S/C13H23NO2/c1-9(14)11-5-12(7-16-8-15-2)3-10-4-13(10,11)6-12/h9-11H,3-8,14H2,1-2H3/t9?,10?,11?,12-,13?/m0/s1. The second-order valence-electron chi connectivity index (χ2n) is 6.44. The molecule has 0 aromatic heterocycles. The average molecular weight is 225 g/mol. The van der Waals surface area contributed by atoms with E-state index in [1.165, 1.54) is 25.7 Å². The van der Waals surface area contributed by atoms with Gasteiger partial charge in [0.25, 0.3) is 0 Å². The molecule has 4 unspecified atom stereocenters. The summed E-state index contributed by atoms with van der Waals surface area (Å²) in [6, 6.07) is 0.356. The highest BCUT2D eigenvalue weighted by atomic mass is 16.7. The fourth-order valence-corrected chi connectivity index (χ4v) is 4.82. The molecule has 3 aliphatic carbocycles. The molecule has 0 aromatic carbocycles. The van der Waals surface area contributed by atoms with Crippen molar-refractivity contribution in [2.24, 2.45) is 28.4 Å². The minimum atomic E-state index is 0.356. The smallest absolute Gasteiger partial charge is 0.146 e. The summed E-state index contributed by atoms with van der Waals surface area (Å²) in [5.74, 6) is 1.71. The largest absolute Gasteiger partial charge is 0.359 e. The maximum Gasteiger partial charge on any atom is 0.146 e. The number of methoxy groups -OCH3 is 1. The van der Waals surface area contributed by atoms with E-state index in [1.54, 1.807) is 7.11 Å². The first-order valence-electron chi connectivity index (χ1n) is 6.44. The van der Waals surface area contributed by atoms with E-state index < -0.39 is 0 Å². The van der Waals surface area contributed by atoms with Gasteiger partial charge in [-0.2, -0.15) is 0 Å². The Hall–Kier alpha value is -0.120. The molecule has 0 radical (unpaired) electrons. The maximum absolute atomic E-state index is 6.14. The Labute approximate surface area is 97.7 Å².